The lowest BCUT2D eigenvalue weighted by atomic mass is 9.90. The smallest absolute Gasteiger partial charge is 0.407 e. The topological polar surface area (TPSA) is 101 Å². The minimum Gasteiger partial charge on any atom is -0.465 e. The van der Waals surface area contributed by atoms with Crippen molar-refractivity contribution in [3.05, 3.63) is 46.5 Å². The second kappa shape index (κ2) is 7.27. The van der Waals surface area contributed by atoms with Crippen LogP contribution in [-0.2, 0) is 13.0 Å². The molecule has 2 aliphatic heterocycles. The van der Waals surface area contributed by atoms with Crippen molar-refractivity contribution in [1.82, 2.24) is 9.88 Å². The van der Waals surface area contributed by atoms with Crippen molar-refractivity contribution in [2.24, 2.45) is 0 Å². The molecule has 0 radical (unpaired) electrons. The molecule has 0 aliphatic carbocycles. The largest absolute Gasteiger partial charge is 0.465 e. The molecule has 2 aromatic heterocycles. The first kappa shape index (κ1) is 18.9. The number of pyridine rings is 1. The molecule has 3 aromatic rings. The molecule has 0 unspecified atom stereocenters. The van der Waals surface area contributed by atoms with E-state index in [1.54, 1.807) is 6.20 Å². The fourth-order valence-electron chi connectivity index (χ4n) is 4.50. The highest BCUT2D eigenvalue weighted by Gasteiger charge is 2.37. The van der Waals surface area contributed by atoms with Gasteiger partial charge in [0, 0.05) is 47.5 Å². The average molecular weight is 420 g/mol. The van der Waals surface area contributed by atoms with Crippen molar-refractivity contribution in [1.29, 1.82) is 5.26 Å². The second-order valence-electron chi connectivity index (χ2n) is 7.73. The lowest BCUT2D eigenvalue weighted by Crippen LogP contribution is -2.61. The van der Waals surface area contributed by atoms with Gasteiger partial charge >= 0.3 is 6.09 Å². The van der Waals surface area contributed by atoms with Crippen LogP contribution in [0.1, 0.15) is 22.4 Å². The molecule has 1 aromatic carbocycles. The Balaban J connectivity index is 1.67. The molecule has 0 bridgehead atoms. The quantitative estimate of drug-likeness (QED) is 0.673. The summed E-state index contributed by atoms with van der Waals surface area (Å²) in [6.07, 6.45) is 2.75. The van der Waals surface area contributed by atoms with E-state index in [1.807, 2.05) is 24.3 Å². The summed E-state index contributed by atoms with van der Waals surface area (Å²) < 4.78 is 0.991. The summed E-state index contributed by atoms with van der Waals surface area (Å²) in [6, 6.07) is 10.2. The van der Waals surface area contributed by atoms with E-state index >= 15 is 0 Å². The van der Waals surface area contributed by atoms with E-state index in [2.05, 4.69) is 16.0 Å². The third kappa shape index (κ3) is 2.98. The van der Waals surface area contributed by atoms with Gasteiger partial charge in [0.05, 0.1) is 34.5 Å². The number of benzene rings is 1. The number of aliphatic hydroxyl groups excluding tert-OH is 1. The highest BCUT2D eigenvalue weighted by Crippen LogP contribution is 2.44. The van der Waals surface area contributed by atoms with Crippen LogP contribution >= 0.6 is 11.3 Å². The zero-order chi connectivity index (χ0) is 20.8. The molecule has 0 atom stereocenters. The number of aromatic nitrogens is 1. The fraction of sp³-hybridized carbons (Fsp3) is 0.318. The summed E-state index contributed by atoms with van der Waals surface area (Å²) in [5.41, 5.74) is 5.67. The number of nitrogens with zero attached hydrogens (tertiary/aromatic N) is 4. The molecule has 1 amide bonds. The van der Waals surface area contributed by atoms with Gasteiger partial charge in [-0.25, -0.2) is 4.79 Å². The Morgan fingerprint density at radius 3 is 2.87 bits per heavy atom. The van der Waals surface area contributed by atoms with E-state index in [4.69, 9.17) is 0 Å². The maximum Gasteiger partial charge on any atom is 0.407 e. The Hall–Kier alpha value is -3.15. The number of rotatable bonds is 3. The predicted octanol–water partition coefficient (Wildman–Crippen LogP) is 3.44. The predicted molar refractivity (Wildman–Crippen MR) is 115 cm³/mol. The molecule has 2 N–H and O–H groups in total. The molecule has 8 heteroatoms. The number of nitriles is 1. The summed E-state index contributed by atoms with van der Waals surface area (Å²) >= 11 is 1.52. The van der Waals surface area contributed by atoms with Crippen LogP contribution in [0, 0.1) is 11.3 Å². The van der Waals surface area contributed by atoms with Gasteiger partial charge in [-0.2, -0.15) is 5.26 Å². The van der Waals surface area contributed by atoms with Crippen LogP contribution in [0.3, 0.4) is 0 Å². The van der Waals surface area contributed by atoms with Gasteiger partial charge in [0.15, 0.2) is 0 Å². The molecule has 0 saturated carbocycles. The molecule has 2 aliphatic rings. The number of amides is 1. The van der Waals surface area contributed by atoms with E-state index in [1.165, 1.54) is 16.2 Å². The summed E-state index contributed by atoms with van der Waals surface area (Å²) in [7, 11) is 0. The van der Waals surface area contributed by atoms with Crippen LogP contribution in [0.2, 0.25) is 0 Å². The van der Waals surface area contributed by atoms with Crippen LogP contribution in [0.4, 0.5) is 10.5 Å². The van der Waals surface area contributed by atoms with Crippen molar-refractivity contribution in [2.45, 2.75) is 25.5 Å². The van der Waals surface area contributed by atoms with Gasteiger partial charge in [-0.1, -0.05) is 0 Å². The van der Waals surface area contributed by atoms with Gasteiger partial charge in [0.2, 0.25) is 0 Å². The number of fused-ring (bicyclic) bond motifs is 2. The summed E-state index contributed by atoms with van der Waals surface area (Å²) in [5.74, 6) is 0. The fourth-order valence-corrected chi connectivity index (χ4v) is 5.50. The highest BCUT2D eigenvalue weighted by atomic mass is 32.1. The van der Waals surface area contributed by atoms with E-state index < -0.39 is 6.09 Å². The zero-order valence-electron chi connectivity index (χ0n) is 16.2. The molecule has 4 heterocycles. The maximum atomic E-state index is 11.3. The number of aryl methyl sites for hydroxylation is 1. The van der Waals surface area contributed by atoms with Crippen molar-refractivity contribution in [3.8, 4) is 17.2 Å². The lowest BCUT2D eigenvalue weighted by molar-refractivity contribution is 0.104. The number of aliphatic hydroxyl groups is 1. The van der Waals surface area contributed by atoms with Crippen molar-refractivity contribution < 1.29 is 15.0 Å². The number of hydrogen-bond acceptors (Lipinski definition) is 6. The lowest BCUT2D eigenvalue weighted by Gasteiger charge is -2.47. The molecule has 152 valence electrons. The molecular weight excluding hydrogens is 400 g/mol. The molecule has 1 fully saturated rings. The molecular formula is C22H20N4O3S. The summed E-state index contributed by atoms with van der Waals surface area (Å²) in [6.45, 7) is 1.82. The first-order valence-corrected chi connectivity index (χ1v) is 10.7. The van der Waals surface area contributed by atoms with E-state index in [9.17, 15) is 20.3 Å². The average Bonchev–Trinajstić information content (AvgIpc) is 3.15. The molecule has 0 spiro atoms. The second-order valence-corrected chi connectivity index (χ2v) is 8.86. The van der Waals surface area contributed by atoms with E-state index in [-0.39, 0.29) is 12.6 Å². The van der Waals surface area contributed by atoms with E-state index in [0.29, 0.717) is 18.7 Å². The summed E-state index contributed by atoms with van der Waals surface area (Å²) in [5, 5.41) is 28.4. The van der Waals surface area contributed by atoms with Crippen molar-refractivity contribution >= 4 is 33.3 Å². The van der Waals surface area contributed by atoms with Crippen LogP contribution < -0.4 is 4.90 Å². The molecule has 30 heavy (non-hydrogen) atoms. The molecule has 5 rings (SSSR count). The van der Waals surface area contributed by atoms with Crippen molar-refractivity contribution in [2.75, 3.05) is 24.5 Å². The Labute approximate surface area is 177 Å². The van der Waals surface area contributed by atoms with Gasteiger partial charge in [0.1, 0.15) is 0 Å². The number of thiophene rings is 1. The standard InChI is InChI=1S/C22H20N4O3S/c23-9-13-6-14-2-1-5-26(15-10-25(11-15)22(28)29)20(14)18(7-13)17-3-4-24-19-8-16(12-27)30-21(17)19/h3-4,6-8,15,27H,1-2,5,10-12H2,(H,28,29). The van der Waals surface area contributed by atoms with Gasteiger partial charge in [-0.05, 0) is 42.7 Å². The number of likely N-dealkylation sites (tertiary alicyclic amines) is 1. The number of hydrogen-bond donors (Lipinski definition) is 2. The molecule has 7 nitrogen and oxygen atoms in total. The Morgan fingerprint density at radius 2 is 2.13 bits per heavy atom. The van der Waals surface area contributed by atoms with Gasteiger partial charge in [-0.3, -0.25) is 4.98 Å². The van der Waals surface area contributed by atoms with Crippen LogP contribution in [0.15, 0.2) is 30.5 Å². The Morgan fingerprint density at radius 1 is 1.30 bits per heavy atom. The Bertz CT molecular complexity index is 1190. The first-order valence-electron chi connectivity index (χ1n) is 9.89. The molecule has 1 saturated heterocycles. The van der Waals surface area contributed by atoms with Crippen molar-refractivity contribution in [3.63, 3.8) is 0 Å². The summed E-state index contributed by atoms with van der Waals surface area (Å²) in [4.78, 5) is 20.3. The number of carboxylic acid groups (broad SMARTS) is 1. The maximum absolute atomic E-state index is 11.3. The third-order valence-electron chi connectivity index (χ3n) is 5.93. The minimum absolute atomic E-state index is 0.0317. The van der Waals surface area contributed by atoms with Gasteiger partial charge < -0.3 is 20.0 Å². The number of anilines is 1. The highest BCUT2D eigenvalue weighted by molar-refractivity contribution is 7.19. The van der Waals surface area contributed by atoms with Crippen LogP contribution in [0.5, 0.6) is 0 Å². The zero-order valence-corrected chi connectivity index (χ0v) is 17.0. The Kier molecular flexibility index (Phi) is 4.57. The number of carbonyl (C=O) groups is 1. The van der Waals surface area contributed by atoms with Gasteiger partial charge in [0.25, 0.3) is 0 Å². The SMILES string of the molecule is N#Cc1cc2c(c(-c3ccnc4cc(CO)sc34)c1)N(C1CN(C(=O)O)C1)CCC2. The minimum atomic E-state index is -0.880. The normalized spacial score (nSPS) is 16.3. The van der Waals surface area contributed by atoms with Crippen LogP contribution in [0.25, 0.3) is 21.3 Å². The monoisotopic (exact) mass is 420 g/mol. The van der Waals surface area contributed by atoms with E-state index in [0.717, 1.165) is 56.9 Å². The third-order valence-corrected chi connectivity index (χ3v) is 7.08. The van der Waals surface area contributed by atoms with Crippen LogP contribution in [-0.4, -0.2) is 51.9 Å². The first-order chi connectivity index (χ1) is 14.6. The van der Waals surface area contributed by atoms with Gasteiger partial charge in [-0.15, -0.1) is 11.3 Å².